The number of carbonyl (C=O) groups is 4. The fraction of sp³-hybridized carbons (Fsp3) is 0.714. The van der Waals surface area contributed by atoms with Gasteiger partial charge in [-0.1, -0.05) is 0 Å². The summed E-state index contributed by atoms with van der Waals surface area (Å²) in [5.74, 6) is -2.25. The number of esters is 4. The molecule has 8 nitrogen and oxygen atoms in total. The van der Waals surface area contributed by atoms with Crippen LogP contribution in [-0.2, 0) is 50.4 Å². The van der Waals surface area contributed by atoms with Gasteiger partial charge in [-0.3, -0.25) is 19.2 Å². The second kappa shape index (κ2) is 23.2. The van der Waals surface area contributed by atoms with Crippen molar-refractivity contribution in [1.82, 2.24) is 0 Å². The summed E-state index contributed by atoms with van der Waals surface area (Å²) in [6.07, 6.45) is -0.333. The quantitative estimate of drug-likeness (QED) is 0.366. The van der Waals surface area contributed by atoms with E-state index in [-0.39, 0.29) is 33.9 Å². The molecule has 9 heteroatoms. The largest absolute Gasteiger partial charge is 0.394 e. The van der Waals surface area contributed by atoms with Gasteiger partial charge in [0, 0.05) is 61.6 Å². The Kier molecular flexibility index (Phi) is 33.8. The molecule has 0 aromatic carbocycles. The van der Waals surface area contributed by atoms with Crippen molar-refractivity contribution in [3.05, 3.63) is 0 Å². The molecule has 0 spiro atoms. The van der Waals surface area contributed by atoms with Gasteiger partial charge in [-0.15, -0.1) is 0 Å². The van der Waals surface area contributed by atoms with E-state index in [9.17, 15) is 19.2 Å². The molecule has 0 fully saturated rings. The Morgan fingerprint density at radius 3 is 0.696 bits per heavy atom. The first kappa shape index (κ1) is 33.5. The van der Waals surface area contributed by atoms with Crippen LogP contribution >= 0.6 is 0 Å². The van der Waals surface area contributed by atoms with E-state index in [1.165, 1.54) is 27.7 Å². The molecule has 0 rings (SSSR count). The summed E-state index contributed by atoms with van der Waals surface area (Å²) >= 11 is 0. The molecule has 0 atom stereocenters. The maximum Gasteiger partial charge on any atom is 0.310 e. The second-order valence-electron chi connectivity index (χ2n) is 4.36. The van der Waals surface area contributed by atoms with E-state index in [4.69, 9.17) is 10.2 Å². The van der Waals surface area contributed by atoms with Gasteiger partial charge in [-0.2, -0.15) is 0 Å². The Hall–Kier alpha value is -1.09. The third-order valence-corrected chi connectivity index (χ3v) is 0.575. The van der Waals surface area contributed by atoms with E-state index in [2.05, 4.69) is 9.47 Å². The van der Waals surface area contributed by atoms with Crippen LogP contribution in [0.4, 0.5) is 0 Å². The van der Waals surface area contributed by atoms with Crippen molar-refractivity contribution in [2.75, 3.05) is 0 Å². The number of aliphatic hydroxyl groups excluding tert-OH is 2. The standard InChI is InChI=1S/2C4H6O3.2C3H8O.Ti/c2*1-3(5)7-4(2)6;2*1-3(2)4;/h2*1-2H3;2*3-4H,1-2H3;. The summed E-state index contributed by atoms with van der Waals surface area (Å²) in [6, 6.07) is 0. The molecular formula is C14H28O8Ti. The van der Waals surface area contributed by atoms with Crippen LogP contribution in [0.25, 0.3) is 0 Å². The van der Waals surface area contributed by atoms with Gasteiger partial charge in [0.25, 0.3) is 0 Å². The number of carbonyl (C=O) groups excluding carboxylic acids is 4. The normalized spacial score (nSPS) is 7.83. The van der Waals surface area contributed by atoms with Crippen LogP contribution in [0.15, 0.2) is 0 Å². The molecule has 0 bridgehead atoms. The van der Waals surface area contributed by atoms with Crippen molar-refractivity contribution in [3.8, 4) is 0 Å². The molecule has 0 aromatic rings. The van der Waals surface area contributed by atoms with E-state index < -0.39 is 23.9 Å². The van der Waals surface area contributed by atoms with Gasteiger partial charge in [0.05, 0.1) is 0 Å². The Labute approximate surface area is 152 Å². The van der Waals surface area contributed by atoms with E-state index in [1.54, 1.807) is 27.7 Å². The van der Waals surface area contributed by atoms with E-state index >= 15 is 0 Å². The fourth-order valence-corrected chi connectivity index (χ4v) is 0.405. The van der Waals surface area contributed by atoms with Gasteiger partial charge in [0.15, 0.2) is 0 Å². The fourth-order valence-electron chi connectivity index (χ4n) is 0.405. The molecule has 0 radical (unpaired) electrons. The summed E-state index contributed by atoms with van der Waals surface area (Å²) in [5, 5.41) is 16.1. The minimum absolute atomic E-state index is 0. The molecular weight excluding hydrogens is 344 g/mol. The zero-order valence-corrected chi connectivity index (χ0v) is 16.6. The smallest absolute Gasteiger partial charge is 0.310 e. The van der Waals surface area contributed by atoms with Crippen LogP contribution in [0.1, 0.15) is 55.4 Å². The third-order valence-electron chi connectivity index (χ3n) is 0.575. The van der Waals surface area contributed by atoms with Crippen molar-refractivity contribution in [1.29, 1.82) is 0 Å². The van der Waals surface area contributed by atoms with E-state index in [1.807, 2.05) is 0 Å². The summed E-state index contributed by atoms with van der Waals surface area (Å²) < 4.78 is 7.94. The second-order valence-corrected chi connectivity index (χ2v) is 4.36. The van der Waals surface area contributed by atoms with Crippen molar-refractivity contribution in [3.63, 3.8) is 0 Å². The van der Waals surface area contributed by atoms with Crippen molar-refractivity contribution in [2.24, 2.45) is 0 Å². The minimum Gasteiger partial charge on any atom is -0.394 e. The Bertz CT molecular complexity index is 265. The predicted molar refractivity (Wildman–Crippen MR) is 79.6 cm³/mol. The van der Waals surface area contributed by atoms with Crippen LogP contribution in [0.3, 0.4) is 0 Å². The first-order valence-corrected chi connectivity index (χ1v) is 6.46. The Morgan fingerprint density at radius 2 is 0.696 bits per heavy atom. The van der Waals surface area contributed by atoms with E-state index in [0.29, 0.717) is 0 Å². The first-order valence-electron chi connectivity index (χ1n) is 6.46. The molecule has 136 valence electrons. The third kappa shape index (κ3) is 157. The van der Waals surface area contributed by atoms with Crippen LogP contribution in [0.5, 0.6) is 0 Å². The number of hydrogen-bond donors (Lipinski definition) is 2. The number of hydrogen-bond acceptors (Lipinski definition) is 8. The van der Waals surface area contributed by atoms with Crippen LogP contribution in [0.2, 0.25) is 0 Å². The zero-order chi connectivity index (χ0) is 18.9. The molecule has 0 saturated carbocycles. The maximum atomic E-state index is 9.81. The molecule has 0 amide bonds. The summed E-state index contributed by atoms with van der Waals surface area (Å²) in [6.45, 7) is 11.6. The number of aliphatic hydroxyl groups is 2. The van der Waals surface area contributed by atoms with Crippen LogP contribution in [-0.4, -0.2) is 46.3 Å². The van der Waals surface area contributed by atoms with Crippen molar-refractivity contribution < 1.29 is 60.6 Å². The molecule has 0 aromatic heterocycles. The topological polar surface area (TPSA) is 127 Å². The average molecular weight is 372 g/mol. The van der Waals surface area contributed by atoms with Crippen molar-refractivity contribution >= 4 is 23.9 Å². The Morgan fingerprint density at radius 1 is 0.609 bits per heavy atom. The number of ether oxygens (including phenoxy) is 2. The number of rotatable bonds is 0. The van der Waals surface area contributed by atoms with Gasteiger partial charge >= 0.3 is 23.9 Å². The van der Waals surface area contributed by atoms with Gasteiger partial charge in [-0.05, 0) is 27.7 Å². The molecule has 0 heterocycles. The van der Waals surface area contributed by atoms with Crippen molar-refractivity contribution in [2.45, 2.75) is 67.6 Å². The minimum atomic E-state index is -0.562. The zero-order valence-electron chi connectivity index (χ0n) is 15.0. The maximum absolute atomic E-state index is 9.81. The van der Waals surface area contributed by atoms with Gasteiger partial charge in [0.1, 0.15) is 0 Å². The molecule has 0 aliphatic heterocycles. The first-order chi connectivity index (χ1) is 9.72. The Balaban J connectivity index is -0.0000000639. The monoisotopic (exact) mass is 372 g/mol. The van der Waals surface area contributed by atoms with E-state index in [0.717, 1.165) is 0 Å². The molecule has 0 aliphatic carbocycles. The summed E-state index contributed by atoms with van der Waals surface area (Å²) in [5.41, 5.74) is 0. The molecule has 0 saturated heterocycles. The SMILES string of the molecule is CC(=O)OC(C)=O.CC(=O)OC(C)=O.CC(C)O.CC(C)O.[Ti]. The molecule has 2 N–H and O–H groups in total. The average Bonchev–Trinajstić information content (AvgIpc) is 2.10. The predicted octanol–water partition coefficient (Wildman–Crippen LogP) is 0.964. The molecule has 23 heavy (non-hydrogen) atoms. The van der Waals surface area contributed by atoms with Crippen LogP contribution < -0.4 is 0 Å². The van der Waals surface area contributed by atoms with Gasteiger partial charge in [0.2, 0.25) is 0 Å². The molecule has 0 aliphatic rings. The van der Waals surface area contributed by atoms with Crippen LogP contribution in [0, 0.1) is 0 Å². The molecule has 0 unspecified atom stereocenters. The van der Waals surface area contributed by atoms with Gasteiger partial charge in [-0.25, -0.2) is 0 Å². The van der Waals surface area contributed by atoms with Gasteiger partial charge < -0.3 is 19.7 Å². The summed E-state index contributed by atoms with van der Waals surface area (Å²) in [4.78, 5) is 39.2. The summed E-state index contributed by atoms with van der Waals surface area (Å²) in [7, 11) is 0.